The molecule has 0 radical (unpaired) electrons. The normalized spacial score (nSPS) is 30.5. The van der Waals surface area contributed by atoms with Crippen LogP contribution in [0.25, 0.3) is 0 Å². The Labute approximate surface area is 232 Å². The van der Waals surface area contributed by atoms with Crippen LogP contribution in [-0.4, -0.2) is 111 Å². The van der Waals surface area contributed by atoms with E-state index in [1.54, 1.807) is 6.92 Å². The number of ether oxygens (including phenoxy) is 3. The maximum absolute atomic E-state index is 13.1. The van der Waals surface area contributed by atoms with Crippen molar-refractivity contribution in [2.45, 2.75) is 81.1 Å². The first kappa shape index (κ1) is 31.4. The van der Waals surface area contributed by atoms with Crippen molar-refractivity contribution < 1.29 is 49.3 Å². The number of esters is 1. The predicted molar refractivity (Wildman–Crippen MR) is 142 cm³/mol. The van der Waals surface area contributed by atoms with Crippen LogP contribution < -0.4 is 10.6 Å². The zero-order chi connectivity index (χ0) is 28.7. The molecule has 39 heavy (non-hydrogen) atoms. The molecule has 2 aliphatic rings. The quantitative estimate of drug-likeness (QED) is 0.102. The van der Waals surface area contributed by atoms with Gasteiger partial charge in [-0.2, -0.15) is 0 Å². The molecule has 1 amide bonds. The molecule has 2 fully saturated rings. The summed E-state index contributed by atoms with van der Waals surface area (Å²) in [5, 5.41) is 57.0. The van der Waals surface area contributed by atoms with E-state index in [4.69, 9.17) is 14.2 Å². The molecule has 0 unspecified atom stereocenters. The molecule has 0 aromatic heterocycles. The van der Waals surface area contributed by atoms with Crippen LogP contribution >= 0.6 is 11.8 Å². The molecule has 1 aromatic rings. The number of carbonyl (C=O) groups excluding carboxylic acids is 2. The number of aliphatic hydroxyl groups excluding tert-OH is 3. The van der Waals surface area contributed by atoms with Gasteiger partial charge in [-0.25, -0.2) is 4.79 Å². The molecule has 9 atom stereocenters. The van der Waals surface area contributed by atoms with Gasteiger partial charge in [0, 0.05) is 12.9 Å². The molecular weight excluding hydrogens is 532 g/mol. The van der Waals surface area contributed by atoms with Crippen molar-refractivity contribution in [3.05, 3.63) is 23.8 Å². The van der Waals surface area contributed by atoms with E-state index in [0.717, 1.165) is 37.2 Å². The fourth-order valence-corrected chi connectivity index (χ4v) is 5.83. The Bertz CT molecular complexity index is 969. The zero-order valence-corrected chi connectivity index (χ0v) is 23.2. The van der Waals surface area contributed by atoms with Gasteiger partial charge in [0.2, 0.25) is 5.91 Å². The van der Waals surface area contributed by atoms with Gasteiger partial charge in [0.25, 0.3) is 0 Å². The molecule has 0 saturated carbocycles. The van der Waals surface area contributed by atoms with Gasteiger partial charge < -0.3 is 50.4 Å². The molecule has 13 heteroatoms. The van der Waals surface area contributed by atoms with Crippen molar-refractivity contribution >= 4 is 23.6 Å². The summed E-state index contributed by atoms with van der Waals surface area (Å²) in [6.07, 6.45) is -3.40. The summed E-state index contributed by atoms with van der Waals surface area (Å²) >= 11 is 1.07. The number of nitrogens with one attached hydrogen (secondary N) is 2. The van der Waals surface area contributed by atoms with Gasteiger partial charge in [0.1, 0.15) is 36.5 Å². The number of phenolic OH excluding ortho intramolecular Hbond substituents is 2. The van der Waals surface area contributed by atoms with Crippen LogP contribution in [0.2, 0.25) is 0 Å². The number of benzene rings is 1. The SMILES string of the molecule is CCC[C@H]1CN[C@H](C(=O)N[C@@H]([C@H]2O[C@H](SCCOC(=O)c3ccc(O)c(O)c3)[C@H](O)[C@@H](O)[C@H]2O)[C@@H](C)OC)C1. The van der Waals surface area contributed by atoms with Gasteiger partial charge in [-0.05, 0) is 50.4 Å². The van der Waals surface area contributed by atoms with E-state index in [0.29, 0.717) is 12.3 Å². The van der Waals surface area contributed by atoms with E-state index >= 15 is 0 Å². The van der Waals surface area contributed by atoms with E-state index in [1.165, 1.54) is 19.2 Å². The minimum absolute atomic E-state index is 0.0489. The molecule has 220 valence electrons. The molecule has 0 bridgehead atoms. The van der Waals surface area contributed by atoms with Crippen LogP contribution in [0.5, 0.6) is 11.5 Å². The second-order valence-electron chi connectivity index (χ2n) is 9.98. The van der Waals surface area contributed by atoms with Crippen LogP contribution in [0, 0.1) is 5.92 Å². The average molecular weight is 573 g/mol. The summed E-state index contributed by atoms with van der Waals surface area (Å²) in [7, 11) is 1.46. The number of methoxy groups -OCH3 is 1. The molecule has 7 N–H and O–H groups in total. The lowest BCUT2D eigenvalue weighted by Gasteiger charge is -2.44. The Hall–Kier alpha value is -2.13. The molecular formula is C26H40N2O10S. The van der Waals surface area contributed by atoms with Gasteiger partial charge in [0.05, 0.1) is 23.8 Å². The van der Waals surface area contributed by atoms with Crippen molar-refractivity contribution in [1.82, 2.24) is 10.6 Å². The van der Waals surface area contributed by atoms with Gasteiger partial charge in [-0.15, -0.1) is 11.8 Å². The molecule has 2 aliphatic heterocycles. The number of amides is 1. The summed E-state index contributed by atoms with van der Waals surface area (Å²) in [4.78, 5) is 25.3. The maximum atomic E-state index is 13.1. The van der Waals surface area contributed by atoms with E-state index in [2.05, 4.69) is 17.6 Å². The van der Waals surface area contributed by atoms with Crippen LogP contribution in [0.3, 0.4) is 0 Å². The lowest BCUT2D eigenvalue weighted by atomic mass is 9.91. The molecule has 2 heterocycles. The minimum atomic E-state index is -1.55. The molecule has 0 spiro atoms. The highest BCUT2D eigenvalue weighted by molar-refractivity contribution is 7.99. The first-order valence-corrected chi connectivity index (χ1v) is 14.2. The molecule has 0 aliphatic carbocycles. The highest BCUT2D eigenvalue weighted by Crippen LogP contribution is 2.31. The summed E-state index contributed by atoms with van der Waals surface area (Å²) < 4.78 is 16.6. The van der Waals surface area contributed by atoms with E-state index in [1.807, 2.05) is 0 Å². The number of hydrogen-bond donors (Lipinski definition) is 7. The number of rotatable bonds is 12. The fourth-order valence-electron chi connectivity index (χ4n) is 4.86. The van der Waals surface area contributed by atoms with Crippen molar-refractivity contribution in [2.75, 3.05) is 26.0 Å². The Morgan fingerprint density at radius 2 is 1.92 bits per heavy atom. The number of carbonyl (C=O) groups is 2. The van der Waals surface area contributed by atoms with Crippen molar-refractivity contribution in [3.63, 3.8) is 0 Å². The maximum Gasteiger partial charge on any atom is 0.338 e. The van der Waals surface area contributed by atoms with Gasteiger partial charge in [0.15, 0.2) is 11.5 Å². The summed E-state index contributed by atoms with van der Waals surface area (Å²) in [5.74, 6) is -1.20. The van der Waals surface area contributed by atoms with Crippen LogP contribution in [0.1, 0.15) is 43.5 Å². The third kappa shape index (κ3) is 7.97. The van der Waals surface area contributed by atoms with Crippen molar-refractivity contribution in [1.29, 1.82) is 0 Å². The second kappa shape index (κ2) is 14.5. The topological polar surface area (TPSA) is 187 Å². The Kier molecular flexibility index (Phi) is 11.7. The fraction of sp³-hybridized carbons (Fsp3) is 0.692. The Morgan fingerprint density at radius 1 is 1.18 bits per heavy atom. The third-order valence-corrected chi connectivity index (χ3v) is 8.31. The third-order valence-electron chi connectivity index (χ3n) is 7.19. The van der Waals surface area contributed by atoms with E-state index in [9.17, 15) is 35.1 Å². The van der Waals surface area contributed by atoms with E-state index < -0.39 is 53.7 Å². The van der Waals surface area contributed by atoms with Crippen LogP contribution in [-0.2, 0) is 19.0 Å². The lowest BCUT2D eigenvalue weighted by Crippen LogP contribution is -2.66. The summed E-state index contributed by atoms with van der Waals surface area (Å²) in [6.45, 7) is 4.48. The number of thioether (sulfide) groups is 1. The smallest absolute Gasteiger partial charge is 0.338 e. The minimum Gasteiger partial charge on any atom is -0.504 e. The predicted octanol–water partition coefficient (Wildman–Crippen LogP) is 0.0933. The van der Waals surface area contributed by atoms with Crippen LogP contribution in [0.15, 0.2) is 18.2 Å². The zero-order valence-electron chi connectivity index (χ0n) is 22.4. The number of aromatic hydroxyl groups is 2. The first-order chi connectivity index (χ1) is 18.6. The molecule has 1 aromatic carbocycles. The van der Waals surface area contributed by atoms with Crippen molar-refractivity contribution in [2.24, 2.45) is 5.92 Å². The Balaban J connectivity index is 1.60. The number of aliphatic hydroxyl groups is 3. The first-order valence-electron chi connectivity index (χ1n) is 13.1. The van der Waals surface area contributed by atoms with E-state index in [-0.39, 0.29) is 35.6 Å². The molecule has 3 rings (SSSR count). The molecule has 12 nitrogen and oxygen atoms in total. The Morgan fingerprint density at radius 3 is 2.59 bits per heavy atom. The highest BCUT2D eigenvalue weighted by atomic mass is 32.2. The molecule has 2 saturated heterocycles. The van der Waals surface area contributed by atoms with Gasteiger partial charge >= 0.3 is 5.97 Å². The number of hydrogen-bond acceptors (Lipinski definition) is 12. The highest BCUT2D eigenvalue weighted by Gasteiger charge is 2.49. The summed E-state index contributed by atoms with van der Waals surface area (Å²) in [5.41, 5.74) is -0.945. The number of phenols is 2. The van der Waals surface area contributed by atoms with Crippen LogP contribution in [0.4, 0.5) is 0 Å². The van der Waals surface area contributed by atoms with Gasteiger partial charge in [-0.3, -0.25) is 4.79 Å². The largest absolute Gasteiger partial charge is 0.504 e. The average Bonchev–Trinajstić information content (AvgIpc) is 3.39. The summed E-state index contributed by atoms with van der Waals surface area (Å²) in [6, 6.07) is 2.34. The lowest BCUT2D eigenvalue weighted by molar-refractivity contribution is -0.212. The van der Waals surface area contributed by atoms with Crippen molar-refractivity contribution in [3.8, 4) is 11.5 Å². The second-order valence-corrected chi connectivity index (χ2v) is 11.2. The standard InChI is InChI=1S/C26H40N2O10S/c1-4-5-14-10-16(27-12-14)24(34)28-19(13(2)36-3)23-21(32)20(31)22(33)26(38-23)39-9-8-37-25(35)15-6-7-17(29)18(30)11-15/h6-7,11,13-14,16,19-23,26-27,29-33H,4-5,8-10,12H2,1-3H3,(H,28,34)/t13-,14-,16+,19-,20+,21-,22-,23-,26-/m1/s1. The van der Waals surface area contributed by atoms with Gasteiger partial charge in [-0.1, -0.05) is 13.3 Å². The monoisotopic (exact) mass is 572 g/mol.